The Morgan fingerprint density at radius 1 is 1.07 bits per heavy atom. The van der Waals surface area contributed by atoms with Gasteiger partial charge in [0.15, 0.2) is 6.61 Å². The molecule has 0 aliphatic heterocycles. The predicted octanol–water partition coefficient (Wildman–Crippen LogP) is 4.79. The highest BCUT2D eigenvalue weighted by Gasteiger charge is 2.59. The number of hydrogen-bond acceptors (Lipinski definition) is 6. The van der Waals surface area contributed by atoms with E-state index < -0.39 is 29.9 Å². The number of nitrogens with zero attached hydrogens (tertiary/aromatic N) is 1. The van der Waals surface area contributed by atoms with Crippen molar-refractivity contribution in [3.63, 3.8) is 0 Å². The van der Waals surface area contributed by atoms with Gasteiger partial charge in [-0.2, -0.15) is 0 Å². The maximum absolute atomic E-state index is 12.4. The summed E-state index contributed by atoms with van der Waals surface area (Å²) in [4.78, 5) is 53.9. The van der Waals surface area contributed by atoms with Crippen molar-refractivity contribution in [3.8, 4) is 0 Å². The van der Waals surface area contributed by atoms with Crippen molar-refractivity contribution in [1.29, 1.82) is 0 Å². The molecule has 41 heavy (non-hydrogen) atoms. The smallest absolute Gasteiger partial charge is 0.326 e. The van der Waals surface area contributed by atoms with Crippen LogP contribution in [0.25, 0.3) is 0 Å². The highest BCUT2D eigenvalue weighted by Crippen LogP contribution is 2.66. The summed E-state index contributed by atoms with van der Waals surface area (Å²) in [5.41, 5.74) is 2.57. The number of unbranched alkanes of at least 4 members (excludes halogenated alkanes) is 1. The zero-order valence-corrected chi connectivity index (χ0v) is 25.5. The van der Waals surface area contributed by atoms with Gasteiger partial charge in [-0.05, 0) is 106 Å². The average Bonchev–Trinajstić information content (AvgIpc) is 3.28. The molecule has 0 bridgehead atoms. The van der Waals surface area contributed by atoms with Gasteiger partial charge in [-0.15, -0.1) is 0 Å². The first-order chi connectivity index (χ1) is 19.4. The molecule has 0 aromatic heterocycles. The van der Waals surface area contributed by atoms with Crippen LogP contribution in [0, 0.1) is 34.5 Å². The molecule has 0 radical (unpaired) electrons. The van der Waals surface area contributed by atoms with Crippen LogP contribution >= 0.6 is 0 Å². The second-order valence-corrected chi connectivity index (χ2v) is 13.5. The van der Waals surface area contributed by atoms with Crippen LogP contribution in [0.15, 0.2) is 16.8 Å². The molecular weight excluding hydrogens is 522 g/mol. The summed E-state index contributed by atoms with van der Waals surface area (Å²) in [5, 5.41) is 18.6. The number of oxime groups is 1. The molecule has 0 heterocycles. The quantitative estimate of drug-likeness (QED) is 0.305. The summed E-state index contributed by atoms with van der Waals surface area (Å²) in [6.45, 7) is 9.73. The minimum atomic E-state index is -1.09. The first-order valence-electron chi connectivity index (χ1n) is 15.6. The van der Waals surface area contributed by atoms with Gasteiger partial charge in [0.25, 0.3) is 5.91 Å². The van der Waals surface area contributed by atoms with E-state index in [2.05, 4.69) is 35.7 Å². The third-order valence-electron chi connectivity index (χ3n) is 11.1. The Hall–Kier alpha value is -2.71. The Balaban J connectivity index is 1.30. The number of carbonyl (C=O) groups is 4. The molecule has 8 atom stereocenters. The number of nitrogens with one attached hydrogen (secondary N) is 2. The molecule has 0 aromatic carbocycles. The van der Waals surface area contributed by atoms with Gasteiger partial charge in [-0.1, -0.05) is 44.3 Å². The summed E-state index contributed by atoms with van der Waals surface area (Å²) in [7, 11) is 0. The molecule has 0 spiro atoms. The van der Waals surface area contributed by atoms with Gasteiger partial charge >= 0.3 is 5.97 Å². The fraction of sp³-hybridized carbons (Fsp3) is 0.781. The van der Waals surface area contributed by atoms with E-state index in [-0.39, 0.29) is 23.4 Å². The molecule has 0 aromatic rings. The van der Waals surface area contributed by atoms with E-state index in [0.29, 0.717) is 36.4 Å². The molecule has 4 aliphatic rings. The lowest BCUT2D eigenvalue weighted by atomic mass is 9.46. The molecule has 3 saturated carbocycles. The predicted molar refractivity (Wildman–Crippen MR) is 156 cm³/mol. The molecule has 4 rings (SSSR count). The number of ketones is 1. The van der Waals surface area contributed by atoms with Crippen LogP contribution in [-0.2, 0) is 24.0 Å². The monoisotopic (exact) mass is 571 g/mol. The second kappa shape index (κ2) is 12.7. The summed E-state index contributed by atoms with van der Waals surface area (Å²) in [6, 6.07) is -1.86. The summed E-state index contributed by atoms with van der Waals surface area (Å²) in [5.74, 6) is 0.427. The van der Waals surface area contributed by atoms with E-state index in [1.165, 1.54) is 25.3 Å². The fourth-order valence-corrected chi connectivity index (χ4v) is 8.80. The topological polar surface area (TPSA) is 134 Å². The van der Waals surface area contributed by atoms with Gasteiger partial charge in [0.2, 0.25) is 5.91 Å². The molecule has 3 fully saturated rings. The second-order valence-electron chi connectivity index (χ2n) is 13.5. The summed E-state index contributed by atoms with van der Waals surface area (Å²) < 4.78 is 0. The van der Waals surface area contributed by atoms with Crippen molar-refractivity contribution in [1.82, 2.24) is 10.6 Å². The fourth-order valence-electron chi connectivity index (χ4n) is 8.80. The van der Waals surface area contributed by atoms with E-state index in [4.69, 9.17) is 4.84 Å². The standard InChI is InChI=1S/C32H49N3O6/c1-6-7-8-27(30(39)40)34-29(38)19(2)33-28(37)18-41-35-22-13-15-31(4)21(17-22)9-10-23-25-12-11-24(20(3)36)32(25,5)16-14-26(23)31/h17,19,23-27H,6-16,18H2,1-5H3,(H,33,37)(H,34,38)(H,39,40)/t19-,23-,24+,25-,26-,27+,31-,32+/m0/s1. The molecule has 4 aliphatic carbocycles. The molecule has 0 saturated heterocycles. The number of carboxylic acid groups (broad SMARTS) is 1. The Labute approximate surface area is 244 Å². The highest BCUT2D eigenvalue weighted by molar-refractivity contribution is 5.96. The van der Waals surface area contributed by atoms with Crippen molar-refractivity contribution in [2.45, 2.75) is 117 Å². The largest absolute Gasteiger partial charge is 0.480 e. The number of rotatable bonds is 11. The van der Waals surface area contributed by atoms with Crippen molar-refractivity contribution >= 4 is 29.3 Å². The number of fused-ring (bicyclic) bond motifs is 5. The normalized spacial score (nSPS) is 34.8. The maximum atomic E-state index is 12.4. The molecular formula is C32H49N3O6. The van der Waals surface area contributed by atoms with Gasteiger partial charge in [-0.3, -0.25) is 14.4 Å². The summed E-state index contributed by atoms with van der Waals surface area (Å²) >= 11 is 0. The molecule has 9 heteroatoms. The molecule has 9 nitrogen and oxygen atoms in total. The first kappa shape index (κ1) is 31.2. The van der Waals surface area contributed by atoms with Crippen LogP contribution in [-0.4, -0.2) is 53.1 Å². The number of carbonyl (C=O) groups excluding carboxylic acids is 3. The van der Waals surface area contributed by atoms with E-state index in [1.54, 1.807) is 6.92 Å². The van der Waals surface area contributed by atoms with Gasteiger partial charge in [-0.25, -0.2) is 4.79 Å². The first-order valence-corrected chi connectivity index (χ1v) is 15.6. The van der Waals surface area contributed by atoms with Crippen LogP contribution in [0.3, 0.4) is 0 Å². The lowest BCUT2D eigenvalue weighted by Crippen LogP contribution is -2.51. The Bertz CT molecular complexity index is 1100. The van der Waals surface area contributed by atoms with E-state index in [9.17, 15) is 24.3 Å². The SMILES string of the molecule is CCCC[C@@H](NC(=O)[C@H](C)NC(=O)CON=C1C=C2CC[C@H]3[C@@H]4CC[C@H](C(C)=O)[C@@]4(C)CC[C@@H]3[C@@]2(C)CC1)C(=O)O. The lowest BCUT2D eigenvalue weighted by molar-refractivity contribution is -0.142. The van der Waals surface area contributed by atoms with Crippen LogP contribution in [0.5, 0.6) is 0 Å². The average molecular weight is 572 g/mol. The third-order valence-corrected chi connectivity index (χ3v) is 11.1. The Morgan fingerprint density at radius 2 is 1.83 bits per heavy atom. The van der Waals surface area contributed by atoms with E-state index in [0.717, 1.165) is 50.7 Å². The number of Topliss-reactive ketones (excluding diaryl/α,β-unsaturated/α-hetero) is 1. The van der Waals surface area contributed by atoms with Crippen LogP contribution in [0.4, 0.5) is 0 Å². The Morgan fingerprint density at radius 3 is 2.51 bits per heavy atom. The minimum Gasteiger partial charge on any atom is -0.480 e. The van der Waals surface area contributed by atoms with Gasteiger partial charge in [0, 0.05) is 5.92 Å². The molecule has 228 valence electrons. The van der Waals surface area contributed by atoms with Gasteiger partial charge in [0.05, 0.1) is 5.71 Å². The number of carboxylic acids is 1. The Kier molecular flexibility index (Phi) is 9.64. The van der Waals surface area contributed by atoms with Gasteiger partial charge in [0.1, 0.15) is 17.9 Å². The number of allylic oxidation sites excluding steroid dienone is 2. The van der Waals surface area contributed by atoms with E-state index >= 15 is 0 Å². The zero-order valence-electron chi connectivity index (χ0n) is 25.5. The van der Waals surface area contributed by atoms with Crippen molar-refractivity contribution in [2.75, 3.05) is 6.61 Å². The molecule has 2 amide bonds. The van der Waals surface area contributed by atoms with Gasteiger partial charge < -0.3 is 20.6 Å². The van der Waals surface area contributed by atoms with Crippen LogP contribution < -0.4 is 10.6 Å². The van der Waals surface area contributed by atoms with Crippen molar-refractivity contribution < 1.29 is 29.1 Å². The third kappa shape index (κ3) is 6.38. The van der Waals surface area contributed by atoms with E-state index in [1.807, 2.05) is 6.92 Å². The zero-order chi connectivity index (χ0) is 29.9. The number of aliphatic carboxylic acids is 1. The van der Waals surface area contributed by atoms with Crippen LogP contribution in [0.2, 0.25) is 0 Å². The maximum Gasteiger partial charge on any atom is 0.326 e. The number of amides is 2. The lowest BCUT2D eigenvalue weighted by Gasteiger charge is -2.58. The minimum absolute atomic E-state index is 0.142. The van der Waals surface area contributed by atoms with Crippen LogP contribution in [0.1, 0.15) is 105 Å². The molecule has 0 unspecified atom stereocenters. The van der Waals surface area contributed by atoms with Crippen molar-refractivity contribution in [2.24, 2.45) is 39.7 Å². The summed E-state index contributed by atoms with van der Waals surface area (Å²) in [6.07, 6.45) is 12.6. The highest BCUT2D eigenvalue weighted by atomic mass is 16.6. The van der Waals surface area contributed by atoms with Crippen molar-refractivity contribution in [3.05, 3.63) is 11.6 Å². The molecule has 3 N–H and O–H groups in total. The number of hydrogen-bond donors (Lipinski definition) is 3.